The Hall–Kier alpha value is -2.02. The molecule has 2 heterocycles. The summed E-state index contributed by atoms with van der Waals surface area (Å²) in [4.78, 5) is 14.4. The number of halogens is 2. The van der Waals surface area contributed by atoms with Crippen LogP contribution in [-0.2, 0) is 17.9 Å². The van der Waals surface area contributed by atoms with Crippen LogP contribution < -0.4 is 5.32 Å². The minimum absolute atomic E-state index is 0.165. The van der Waals surface area contributed by atoms with Crippen molar-refractivity contribution < 1.29 is 13.6 Å². The lowest BCUT2D eigenvalue weighted by Gasteiger charge is -2.19. The number of furan rings is 2. The second-order valence-electron chi connectivity index (χ2n) is 5.48. The van der Waals surface area contributed by atoms with Gasteiger partial charge in [0.15, 0.2) is 0 Å². The monoisotopic (exact) mass is 422 g/mol. The third kappa shape index (κ3) is 5.22. The van der Waals surface area contributed by atoms with Crippen LogP contribution in [-0.4, -0.2) is 17.4 Å². The van der Waals surface area contributed by atoms with Crippen LogP contribution >= 0.6 is 27.5 Å². The number of rotatable bonds is 7. The number of nitrogens with one attached hydrogen (secondary N) is 1. The number of hydrogen-bond acceptors (Lipinski definition) is 4. The summed E-state index contributed by atoms with van der Waals surface area (Å²) in [6, 6.07) is 12.7. The molecule has 3 aromatic rings. The maximum atomic E-state index is 12.4. The fourth-order valence-electron chi connectivity index (χ4n) is 2.40. The fraction of sp³-hybridized carbons (Fsp3) is 0.167. The lowest BCUT2D eigenvalue weighted by Crippen LogP contribution is -2.32. The highest BCUT2D eigenvalue weighted by atomic mass is 79.9. The van der Waals surface area contributed by atoms with Crippen molar-refractivity contribution in [1.82, 2.24) is 4.90 Å². The average molecular weight is 424 g/mol. The molecule has 0 aliphatic carbocycles. The van der Waals surface area contributed by atoms with Crippen molar-refractivity contribution in [1.29, 1.82) is 0 Å². The summed E-state index contributed by atoms with van der Waals surface area (Å²) in [5, 5.41) is 3.31. The zero-order valence-corrected chi connectivity index (χ0v) is 15.6. The molecule has 3 rings (SSSR count). The first-order valence-corrected chi connectivity index (χ1v) is 8.79. The first kappa shape index (κ1) is 17.8. The van der Waals surface area contributed by atoms with Crippen LogP contribution in [0.2, 0.25) is 5.02 Å². The summed E-state index contributed by atoms with van der Waals surface area (Å²) in [5.41, 5.74) is 0.575. The standard InChI is InChI=1S/C18H16BrClN2O3/c19-13-5-6-17(16(20)9-13)21-18(23)12-22(10-14-3-1-7-24-14)11-15-4-2-8-25-15/h1-9H,10-12H2,(H,21,23). The summed E-state index contributed by atoms with van der Waals surface area (Å²) in [6.45, 7) is 1.16. The van der Waals surface area contributed by atoms with Crippen molar-refractivity contribution in [3.63, 3.8) is 0 Å². The van der Waals surface area contributed by atoms with E-state index in [1.807, 2.05) is 35.2 Å². The molecule has 25 heavy (non-hydrogen) atoms. The molecule has 2 aromatic heterocycles. The molecular formula is C18H16BrClN2O3. The highest BCUT2D eigenvalue weighted by molar-refractivity contribution is 9.10. The quantitative estimate of drug-likeness (QED) is 0.585. The van der Waals surface area contributed by atoms with Gasteiger partial charge in [0, 0.05) is 4.47 Å². The zero-order valence-electron chi connectivity index (χ0n) is 13.2. The molecule has 0 bridgehead atoms. The fourth-order valence-corrected chi connectivity index (χ4v) is 3.12. The van der Waals surface area contributed by atoms with E-state index in [1.54, 1.807) is 24.7 Å². The highest BCUT2D eigenvalue weighted by Gasteiger charge is 2.15. The van der Waals surface area contributed by atoms with Crippen molar-refractivity contribution in [3.8, 4) is 0 Å². The zero-order chi connectivity index (χ0) is 17.6. The Kier molecular flexibility index (Phi) is 5.96. The molecule has 5 nitrogen and oxygen atoms in total. The normalized spacial score (nSPS) is 11.0. The molecule has 0 aliphatic rings. The van der Waals surface area contributed by atoms with Gasteiger partial charge in [-0.05, 0) is 42.5 Å². The van der Waals surface area contributed by atoms with E-state index in [1.165, 1.54) is 0 Å². The van der Waals surface area contributed by atoms with E-state index in [2.05, 4.69) is 21.2 Å². The molecule has 0 aliphatic heterocycles. The summed E-state index contributed by atoms with van der Waals surface area (Å²) in [6.07, 6.45) is 3.23. The molecule has 0 unspecified atom stereocenters. The third-order valence-electron chi connectivity index (χ3n) is 3.49. The van der Waals surface area contributed by atoms with Gasteiger partial charge >= 0.3 is 0 Å². The molecule has 1 aromatic carbocycles. The smallest absolute Gasteiger partial charge is 0.238 e. The molecule has 7 heteroatoms. The van der Waals surface area contributed by atoms with Crippen LogP contribution in [0.15, 0.2) is 68.3 Å². The third-order valence-corrected chi connectivity index (χ3v) is 4.30. The predicted octanol–water partition coefficient (Wildman–Crippen LogP) is 4.93. The first-order chi connectivity index (χ1) is 12.1. The largest absolute Gasteiger partial charge is 0.468 e. The molecule has 0 spiro atoms. The maximum absolute atomic E-state index is 12.4. The number of carbonyl (C=O) groups is 1. The van der Waals surface area contributed by atoms with Gasteiger partial charge in [-0.2, -0.15) is 0 Å². The van der Waals surface area contributed by atoms with Crippen LogP contribution in [0.1, 0.15) is 11.5 Å². The van der Waals surface area contributed by atoms with E-state index in [9.17, 15) is 4.79 Å². The summed E-state index contributed by atoms with van der Waals surface area (Å²) < 4.78 is 11.6. The SMILES string of the molecule is O=C(CN(Cc1ccco1)Cc1ccco1)Nc1ccc(Br)cc1Cl. The maximum Gasteiger partial charge on any atom is 0.238 e. The number of benzene rings is 1. The average Bonchev–Trinajstić information content (AvgIpc) is 3.24. The van der Waals surface area contributed by atoms with Gasteiger partial charge in [-0.25, -0.2) is 0 Å². The number of nitrogens with zero attached hydrogens (tertiary/aromatic N) is 1. The van der Waals surface area contributed by atoms with Crippen molar-refractivity contribution in [2.75, 3.05) is 11.9 Å². The molecule has 130 valence electrons. The van der Waals surface area contributed by atoms with E-state index in [0.29, 0.717) is 23.8 Å². The van der Waals surface area contributed by atoms with Crippen LogP contribution in [0.3, 0.4) is 0 Å². The van der Waals surface area contributed by atoms with E-state index >= 15 is 0 Å². The van der Waals surface area contributed by atoms with Gasteiger partial charge in [0.2, 0.25) is 5.91 Å². The Labute approximate surface area is 158 Å². The van der Waals surface area contributed by atoms with Gasteiger partial charge in [0.1, 0.15) is 11.5 Å². The molecule has 1 N–H and O–H groups in total. The predicted molar refractivity (Wildman–Crippen MR) is 99.3 cm³/mol. The van der Waals surface area contributed by atoms with Crippen molar-refractivity contribution in [2.24, 2.45) is 0 Å². The summed E-state index contributed by atoms with van der Waals surface area (Å²) in [5.74, 6) is 1.39. The Morgan fingerprint density at radius 1 is 1.08 bits per heavy atom. The Morgan fingerprint density at radius 3 is 2.24 bits per heavy atom. The minimum atomic E-state index is -0.165. The van der Waals surface area contributed by atoms with Crippen LogP contribution in [0.5, 0.6) is 0 Å². The first-order valence-electron chi connectivity index (χ1n) is 7.62. The molecule has 1 amide bonds. The van der Waals surface area contributed by atoms with Crippen molar-refractivity contribution in [2.45, 2.75) is 13.1 Å². The van der Waals surface area contributed by atoms with Gasteiger partial charge < -0.3 is 14.2 Å². The molecule has 0 fully saturated rings. The van der Waals surface area contributed by atoms with Gasteiger partial charge in [-0.1, -0.05) is 27.5 Å². The number of amides is 1. The van der Waals surface area contributed by atoms with Gasteiger partial charge in [0.05, 0.1) is 42.9 Å². The van der Waals surface area contributed by atoms with E-state index < -0.39 is 0 Å². The van der Waals surface area contributed by atoms with Crippen molar-refractivity contribution >= 4 is 39.1 Å². The lowest BCUT2D eigenvalue weighted by atomic mass is 10.3. The Bertz CT molecular complexity index is 783. The van der Waals surface area contributed by atoms with Gasteiger partial charge in [0.25, 0.3) is 0 Å². The van der Waals surface area contributed by atoms with E-state index in [-0.39, 0.29) is 12.5 Å². The Balaban J connectivity index is 1.66. The highest BCUT2D eigenvalue weighted by Crippen LogP contribution is 2.25. The molecule has 0 radical (unpaired) electrons. The number of carbonyl (C=O) groups excluding carboxylic acids is 1. The topological polar surface area (TPSA) is 58.6 Å². The molecule has 0 saturated heterocycles. The van der Waals surface area contributed by atoms with E-state index in [0.717, 1.165) is 16.0 Å². The summed E-state index contributed by atoms with van der Waals surface area (Å²) >= 11 is 9.50. The number of anilines is 1. The second kappa shape index (κ2) is 8.38. The molecule has 0 saturated carbocycles. The van der Waals surface area contributed by atoms with Crippen LogP contribution in [0.25, 0.3) is 0 Å². The van der Waals surface area contributed by atoms with Gasteiger partial charge in [-0.15, -0.1) is 0 Å². The molecule has 0 atom stereocenters. The number of hydrogen-bond donors (Lipinski definition) is 1. The van der Waals surface area contributed by atoms with Gasteiger partial charge in [-0.3, -0.25) is 9.69 Å². The van der Waals surface area contributed by atoms with Crippen LogP contribution in [0.4, 0.5) is 5.69 Å². The minimum Gasteiger partial charge on any atom is -0.468 e. The lowest BCUT2D eigenvalue weighted by molar-refractivity contribution is -0.117. The summed E-state index contributed by atoms with van der Waals surface area (Å²) in [7, 11) is 0. The second-order valence-corrected chi connectivity index (χ2v) is 6.80. The van der Waals surface area contributed by atoms with Crippen molar-refractivity contribution in [3.05, 3.63) is 76.0 Å². The van der Waals surface area contributed by atoms with E-state index in [4.69, 9.17) is 20.4 Å². The molecular weight excluding hydrogens is 408 g/mol. The Morgan fingerprint density at radius 2 is 1.72 bits per heavy atom. The van der Waals surface area contributed by atoms with Crippen LogP contribution in [0, 0.1) is 0 Å².